The van der Waals surface area contributed by atoms with E-state index in [2.05, 4.69) is 0 Å². The Balaban J connectivity index is 0.000000233. The van der Waals surface area contributed by atoms with Gasteiger partial charge in [-0.25, -0.2) is 19.2 Å². The first kappa shape index (κ1) is 69.6. The number of nitro benzene ring substituents is 8. The fourth-order valence-electron chi connectivity index (χ4n) is 9.05. The van der Waals surface area contributed by atoms with Gasteiger partial charge in [0.25, 0.3) is 0 Å². The summed E-state index contributed by atoms with van der Waals surface area (Å²) in [5, 5.41) is 96.1. The largest absolute Gasteiger partial charge is 0.462 e. The molecule has 16 bridgehead atoms. The molecule has 0 fully saturated rings. The van der Waals surface area contributed by atoms with Crippen LogP contribution >= 0.6 is 0 Å². The lowest BCUT2D eigenvalue weighted by Crippen LogP contribution is -2.06. The quantitative estimate of drug-likeness (QED) is 0.0375. The van der Waals surface area contributed by atoms with Crippen molar-refractivity contribution in [3.8, 4) is 92.0 Å². The van der Waals surface area contributed by atoms with Crippen LogP contribution in [0.4, 0.5) is 45.5 Å². The monoisotopic (exact) mass is 1380 g/mol. The number of benzene rings is 8. The van der Waals surface area contributed by atoms with E-state index in [-0.39, 0.29) is 94.7 Å². The number of hydrogen-bond donors (Lipinski definition) is 0. The van der Waals surface area contributed by atoms with Crippen LogP contribution in [-0.2, 0) is 18.9 Å². The van der Waals surface area contributed by atoms with Crippen LogP contribution in [0, 0.1) is 80.9 Å². The van der Waals surface area contributed by atoms with Crippen LogP contribution in [0.1, 0.15) is 69.1 Å². The molecule has 8 aromatic rings. The summed E-state index contributed by atoms with van der Waals surface area (Å²) in [6, 6.07) is 18.2. The fraction of sp³-hybridized carbons (Fsp3) is 0.133. The number of carbonyl (C=O) groups is 4. The molecule has 10 rings (SSSR count). The highest BCUT2D eigenvalue weighted by atomic mass is 16.7. The number of carbonyl (C=O) groups excluding carboxylic acids is 4. The Morgan fingerprint density at radius 1 is 0.240 bits per heavy atom. The first-order chi connectivity index (χ1) is 47.5. The van der Waals surface area contributed by atoms with E-state index in [0.717, 1.165) is 97.1 Å². The standard InChI is InChI=1S/2C30H20N4O16/c2*1-3-45-29(35)15-5-17-9-18(6-15)48-26-14-28(24(34(43)44)12-22(26)32(39)40)50-20-8-16(30(36)46-4-2)7-19(10-20)49-27-13-25(47-17)21(31(37)38)11-23(27)33(41)42/h2*5-14H,3-4H2,1-2H3. The average molecular weight is 1390 g/mol. The Bertz CT molecular complexity index is 4000. The molecular formula is C60H40N8O32. The number of nitro groups is 8. The number of esters is 4. The van der Waals surface area contributed by atoms with Crippen molar-refractivity contribution in [2.24, 2.45) is 0 Å². The zero-order valence-electron chi connectivity index (χ0n) is 51.0. The van der Waals surface area contributed by atoms with E-state index >= 15 is 0 Å². The number of fused-ring (bicyclic) bond motifs is 16. The van der Waals surface area contributed by atoms with Crippen molar-refractivity contribution < 1.29 is 115 Å². The Morgan fingerprint density at radius 2 is 0.370 bits per heavy atom. The highest BCUT2D eigenvalue weighted by molar-refractivity contribution is 5.93. The molecule has 100 heavy (non-hydrogen) atoms. The molecule has 0 atom stereocenters. The third kappa shape index (κ3) is 15.7. The molecule has 40 nitrogen and oxygen atoms in total. The van der Waals surface area contributed by atoms with Gasteiger partial charge >= 0.3 is 69.4 Å². The first-order valence-corrected chi connectivity index (χ1v) is 28.1. The number of ether oxygens (including phenoxy) is 12. The highest BCUT2D eigenvalue weighted by Gasteiger charge is 2.35. The summed E-state index contributed by atoms with van der Waals surface area (Å²) in [6.45, 7) is 5.70. The highest BCUT2D eigenvalue weighted by Crippen LogP contribution is 2.50. The van der Waals surface area contributed by atoms with E-state index in [0.29, 0.717) is 24.3 Å². The Kier molecular flexibility index (Phi) is 20.4. The Hall–Kier alpha value is -14.8. The van der Waals surface area contributed by atoms with Gasteiger partial charge in [0, 0.05) is 48.5 Å². The normalized spacial score (nSPS) is 11.4. The van der Waals surface area contributed by atoms with Crippen LogP contribution in [0.3, 0.4) is 0 Å². The maximum Gasteiger partial charge on any atom is 0.338 e. The van der Waals surface area contributed by atoms with Crippen LogP contribution in [0.5, 0.6) is 92.0 Å². The molecule has 40 heteroatoms. The molecule has 0 saturated carbocycles. The van der Waals surface area contributed by atoms with Gasteiger partial charge in [0.15, 0.2) is 0 Å². The van der Waals surface area contributed by atoms with Gasteiger partial charge in [0.05, 0.1) is 88.1 Å². The van der Waals surface area contributed by atoms with Crippen LogP contribution in [-0.4, -0.2) is 89.7 Å². The van der Waals surface area contributed by atoms with E-state index in [9.17, 15) is 100 Å². The third-order valence-corrected chi connectivity index (χ3v) is 13.1. The Morgan fingerprint density at radius 3 is 0.480 bits per heavy atom. The fourth-order valence-corrected chi connectivity index (χ4v) is 9.05. The lowest BCUT2D eigenvalue weighted by atomic mass is 10.1. The van der Waals surface area contributed by atoms with Gasteiger partial charge in [-0.1, -0.05) is 0 Å². The molecule has 2 aliphatic rings. The first-order valence-electron chi connectivity index (χ1n) is 28.1. The molecule has 0 radical (unpaired) electrons. The van der Waals surface area contributed by atoms with E-state index in [1.54, 1.807) is 0 Å². The molecule has 0 spiro atoms. The van der Waals surface area contributed by atoms with Gasteiger partial charge < -0.3 is 56.8 Å². The van der Waals surface area contributed by atoms with Gasteiger partial charge in [-0.05, 0) is 76.2 Å². The minimum absolute atomic E-state index is 0.0822. The van der Waals surface area contributed by atoms with Crippen LogP contribution < -0.4 is 37.9 Å². The molecule has 512 valence electrons. The molecule has 0 aromatic heterocycles. The zero-order chi connectivity index (χ0) is 72.5. The second kappa shape index (κ2) is 29.3. The van der Waals surface area contributed by atoms with Gasteiger partial charge in [-0.3, -0.25) is 80.9 Å². The van der Waals surface area contributed by atoms with E-state index in [1.807, 2.05) is 0 Å². The molecule has 0 aliphatic carbocycles. The van der Waals surface area contributed by atoms with Crippen LogP contribution in [0.2, 0.25) is 0 Å². The molecule has 0 amide bonds. The SMILES string of the molecule is CCOC(=O)c1cc2cc(c1)Oc1cc(c([N+](=O)[O-])cc1[N+](=O)[O-])Oc1cc(cc(C(=O)OCC)c1)Oc1cc(c([N+](=O)[O-])cc1[N+](=O)[O-])O2.CCOC(=O)c1cc2cc(c1)Oc1cc(c([N+](=O)[O-])cc1[N+](=O)[O-])Oc1cc(cc(C(=O)OCC)c1)Oc1cc(c([N+](=O)[O-])cc1[N+](=O)[O-])O2. The van der Waals surface area contributed by atoms with Crippen molar-refractivity contribution in [3.05, 3.63) is 224 Å². The van der Waals surface area contributed by atoms with Crippen molar-refractivity contribution in [1.82, 2.24) is 0 Å². The average Bonchev–Trinajstić information content (AvgIpc) is 0.788. The molecule has 2 heterocycles. The van der Waals surface area contributed by atoms with E-state index in [1.165, 1.54) is 27.7 Å². The lowest BCUT2D eigenvalue weighted by molar-refractivity contribution is -0.395. The molecule has 0 unspecified atom stereocenters. The van der Waals surface area contributed by atoms with Gasteiger partial charge in [0.2, 0.25) is 46.0 Å². The summed E-state index contributed by atoms with van der Waals surface area (Å²) in [5.41, 5.74) is -8.31. The predicted octanol–water partition coefficient (Wildman–Crippen LogP) is 14.3. The summed E-state index contributed by atoms with van der Waals surface area (Å²) in [6.07, 6.45) is 0. The zero-order valence-corrected chi connectivity index (χ0v) is 51.0. The predicted molar refractivity (Wildman–Crippen MR) is 329 cm³/mol. The van der Waals surface area contributed by atoms with Crippen LogP contribution in [0.25, 0.3) is 0 Å². The van der Waals surface area contributed by atoms with Crippen molar-refractivity contribution in [3.63, 3.8) is 0 Å². The van der Waals surface area contributed by atoms with Crippen molar-refractivity contribution >= 4 is 69.4 Å². The summed E-state index contributed by atoms with van der Waals surface area (Å²) in [5.74, 6) is -11.6. The van der Waals surface area contributed by atoms with Gasteiger partial charge in [-0.2, -0.15) is 0 Å². The lowest BCUT2D eigenvalue weighted by Gasteiger charge is -2.16. The van der Waals surface area contributed by atoms with Crippen molar-refractivity contribution in [2.75, 3.05) is 26.4 Å². The second-order valence-corrected chi connectivity index (χ2v) is 19.7. The number of rotatable bonds is 16. The van der Waals surface area contributed by atoms with E-state index in [4.69, 9.17) is 56.8 Å². The maximum atomic E-state index is 12.7. The summed E-state index contributed by atoms with van der Waals surface area (Å²) in [7, 11) is 0. The second-order valence-electron chi connectivity index (χ2n) is 19.7. The maximum absolute atomic E-state index is 12.7. The number of hydrogen-bond acceptors (Lipinski definition) is 32. The summed E-state index contributed by atoms with van der Waals surface area (Å²) in [4.78, 5) is 139. The minimum atomic E-state index is -0.980. The molecular weight excluding hydrogens is 1340 g/mol. The topological polar surface area (TPSA) is 524 Å². The molecule has 8 aromatic carbocycles. The molecule has 0 saturated heterocycles. The Labute approximate surface area is 553 Å². The van der Waals surface area contributed by atoms with Gasteiger partial charge in [-0.15, -0.1) is 0 Å². The molecule has 0 N–H and O–H groups in total. The summed E-state index contributed by atoms with van der Waals surface area (Å²) >= 11 is 0. The summed E-state index contributed by atoms with van der Waals surface area (Å²) < 4.78 is 65.9. The third-order valence-electron chi connectivity index (χ3n) is 13.1. The smallest absolute Gasteiger partial charge is 0.338 e. The van der Waals surface area contributed by atoms with Crippen molar-refractivity contribution in [2.45, 2.75) is 27.7 Å². The van der Waals surface area contributed by atoms with Gasteiger partial charge in [0.1, 0.15) is 70.3 Å². The van der Waals surface area contributed by atoms with Crippen LogP contribution in [0.15, 0.2) is 121 Å². The molecule has 2 aliphatic heterocycles. The van der Waals surface area contributed by atoms with E-state index < -0.39 is 155 Å². The number of nitrogens with zero attached hydrogens (tertiary/aromatic N) is 8. The van der Waals surface area contributed by atoms with Crippen molar-refractivity contribution in [1.29, 1.82) is 0 Å². The minimum Gasteiger partial charge on any atom is -0.462 e.